The molecule has 0 aliphatic carbocycles. The molecule has 1 aromatic heterocycles. The molecule has 2 aromatic carbocycles. The van der Waals surface area contributed by atoms with Gasteiger partial charge in [0, 0.05) is 18.2 Å². The highest BCUT2D eigenvalue weighted by atomic mass is 16.5. The van der Waals surface area contributed by atoms with Crippen LogP contribution in [-0.4, -0.2) is 16.0 Å². The Bertz CT molecular complexity index is 868. The molecule has 6 heteroatoms. The van der Waals surface area contributed by atoms with E-state index in [1.54, 1.807) is 24.3 Å². The molecule has 1 N–H and O–H groups in total. The quantitative estimate of drug-likeness (QED) is 0.712. The Labute approximate surface area is 152 Å². The average Bonchev–Trinajstić information content (AvgIpc) is 3.10. The van der Waals surface area contributed by atoms with Crippen LogP contribution in [0.15, 0.2) is 53.1 Å². The van der Waals surface area contributed by atoms with Crippen LogP contribution in [-0.2, 0) is 11.4 Å². The van der Waals surface area contributed by atoms with Gasteiger partial charge in [-0.3, -0.25) is 4.79 Å². The van der Waals surface area contributed by atoms with E-state index in [-0.39, 0.29) is 12.5 Å². The van der Waals surface area contributed by atoms with E-state index in [4.69, 9.17) is 9.26 Å². The lowest BCUT2D eigenvalue weighted by molar-refractivity contribution is -0.114. The van der Waals surface area contributed by atoms with Crippen molar-refractivity contribution in [2.24, 2.45) is 0 Å². The first-order valence-electron chi connectivity index (χ1n) is 8.44. The Kier molecular flexibility index (Phi) is 5.31. The van der Waals surface area contributed by atoms with E-state index in [1.165, 1.54) is 12.5 Å². The van der Waals surface area contributed by atoms with Crippen LogP contribution < -0.4 is 10.1 Å². The Morgan fingerprint density at radius 1 is 1.12 bits per heavy atom. The van der Waals surface area contributed by atoms with E-state index in [2.05, 4.69) is 41.4 Å². The summed E-state index contributed by atoms with van der Waals surface area (Å²) in [6.45, 7) is 5.95. The minimum absolute atomic E-state index is 0.113. The van der Waals surface area contributed by atoms with E-state index in [0.717, 1.165) is 11.3 Å². The summed E-state index contributed by atoms with van der Waals surface area (Å²) in [6.07, 6.45) is 0. The van der Waals surface area contributed by atoms with Crippen molar-refractivity contribution >= 4 is 11.6 Å². The summed E-state index contributed by atoms with van der Waals surface area (Å²) in [5.74, 6) is 1.97. The summed E-state index contributed by atoms with van der Waals surface area (Å²) < 4.78 is 10.9. The van der Waals surface area contributed by atoms with Crippen molar-refractivity contribution in [3.63, 3.8) is 0 Å². The van der Waals surface area contributed by atoms with Gasteiger partial charge in [0.25, 0.3) is 5.89 Å². The van der Waals surface area contributed by atoms with Crippen LogP contribution in [0, 0.1) is 0 Å². The summed E-state index contributed by atoms with van der Waals surface area (Å²) in [7, 11) is 0. The molecule has 26 heavy (non-hydrogen) atoms. The molecular weight excluding hydrogens is 330 g/mol. The number of hydrogen-bond donors (Lipinski definition) is 1. The van der Waals surface area contributed by atoms with Crippen molar-refractivity contribution in [2.45, 2.75) is 33.3 Å². The maximum atomic E-state index is 11.0. The van der Waals surface area contributed by atoms with Gasteiger partial charge in [0.1, 0.15) is 5.75 Å². The van der Waals surface area contributed by atoms with E-state index in [0.29, 0.717) is 23.4 Å². The van der Waals surface area contributed by atoms with Gasteiger partial charge in [-0.1, -0.05) is 43.3 Å². The first-order chi connectivity index (χ1) is 12.5. The zero-order valence-electron chi connectivity index (χ0n) is 15.0. The third-order valence-corrected chi connectivity index (χ3v) is 3.84. The molecule has 0 spiro atoms. The fourth-order valence-electron chi connectivity index (χ4n) is 2.43. The lowest BCUT2D eigenvalue weighted by atomic mass is 10.0. The highest BCUT2D eigenvalue weighted by molar-refractivity contribution is 5.88. The number of carbonyl (C=O) groups excluding carboxylic acids is 1. The minimum Gasteiger partial charge on any atom is -0.484 e. The Balaban J connectivity index is 1.60. The zero-order valence-corrected chi connectivity index (χ0v) is 15.0. The SMILES string of the molecule is CC(=O)Nc1ccc(OCc2nc(-c3ccc(C(C)C)cc3)no2)cc1. The summed E-state index contributed by atoms with van der Waals surface area (Å²) in [5.41, 5.74) is 2.89. The monoisotopic (exact) mass is 351 g/mol. The molecule has 0 saturated carbocycles. The standard InChI is InChI=1S/C20H21N3O3/c1-13(2)15-4-6-16(7-5-15)20-22-19(26-23-20)12-25-18-10-8-17(9-11-18)21-14(3)24/h4-11,13H,12H2,1-3H3,(H,21,24). The number of benzene rings is 2. The van der Waals surface area contributed by atoms with Crippen LogP contribution in [0.5, 0.6) is 5.75 Å². The predicted molar refractivity (Wildman–Crippen MR) is 98.9 cm³/mol. The van der Waals surface area contributed by atoms with Gasteiger partial charge in [-0.2, -0.15) is 4.98 Å². The first kappa shape index (κ1) is 17.7. The number of anilines is 1. The lowest BCUT2D eigenvalue weighted by Crippen LogP contribution is -2.05. The molecule has 0 radical (unpaired) electrons. The van der Waals surface area contributed by atoms with E-state index in [9.17, 15) is 4.79 Å². The number of ether oxygens (including phenoxy) is 1. The predicted octanol–water partition coefficient (Wildman–Crippen LogP) is 4.40. The second-order valence-electron chi connectivity index (χ2n) is 6.28. The van der Waals surface area contributed by atoms with Crippen molar-refractivity contribution in [3.05, 3.63) is 60.0 Å². The number of aromatic nitrogens is 2. The van der Waals surface area contributed by atoms with Crippen molar-refractivity contribution < 1.29 is 14.1 Å². The number of hydrogen-bond acceptors (Lipinski definition) is 5. The smallest absolute Gasteiger partial charge is 0.264 e. The van der Waals surface area contributed by atoms with Crippen LogP contribution in [0.3, 0.4) is 0 Å². The molecule has 0 atom stereocenters. The summed E-state index contributed by atoms with van der Waals surface area (Å²) >= 11 is 0. The number of rotatable bonds is 6. The van der Waals surface area contributed by atoms with Crippen LogP contribution in [0.2, 0.25) is 0 Å². The van der Waals surface area contributed by atoms with Crippen molar-refractivity contribution in [2.75, 3.05) is 5.32 Å². The molecule has 0 fully saturated rings. The molecule has 134 valence electrons. The fourth-order valence-corrected chi connectivity index (χ4v) is 2.43. The second-order valence-corrected chi connectivity index (χ2v) is 6.28. The zero-order chi connectivity index (χ0) is 18.5. The maximum Gasteiger partial charge on any atom is 0.264 e. The second kappa shape index (κ2) is 7.82. The van der Waals surface area contributed by atoms with Gasteiger partial charge in [-0.05, 0) is 35.7 Å². The van der Waals surface area contributed by atoms with Gasteiger partial charge in [-0.15, -0.1) is 0 Å². The molecule has 0 bridgehead atoms. The molecule has 3 rings (SSSR count). The van der Waals surface area contributed by atoms with Crippen LogP contribution in [0.1, 0.15) is 38.1 Å². The van der Waals surface area contributed by atoms with Crippen LogP contribution in [0.25, 0.3) is 11.4 Å². The molecule has 0 saturated heterocycles. The highest BCUT2D eigenvalue weighted by Gasteiger charge is 2.10. The van der Waals surface area contributed by atoms with Crippen molar-refractivity contribution in [1.29, 1.82) is 0 Å². The normalized spacial score (nSPS) is 10.8. The van der Waals surface area contributed by atoms with Gasteiger partial charge in [0.2, 0.25) is 11.7 Å². The molecule has 3 aromatic rings. The molecular formula is C20H21N3O3. The summed E-state index contributed by atoms with van der Waals surface area (Å²) in [5, 5.41) is 6.71. The Hall–Kier alpha value is -3.15. The van der Waals surface area contributed by atoms with Gasteiger partial charge in [0.15, 0.2) is 6.61 Å². The third-order valence-electron chi connectivity index (χ3n) is 3.84. The van der Waals surface area contributed by atoms with E-state index in [1.807, 2.05) is 12.1 Å². The molecule has 0 aliphatic rings. The largest absolute Gasteiger partial charge is 0.484 e. The van der Waals surface area contributed by atoms with Gasteiger partial charge in [0.05, 0.1) is 0 Å². The minimum atomic E-state index is -0.113. The van der Waals surface area contributed by atoms with Gasteiger partial charge in [-0.25, -0.2) is 0 Å². The third kappa shape index (κ3) is 4.47. The topological polar surface area (TPSA) is 77.2 Å². The number of nitrogens with one attached hydrogen (secondary N) is 1. The molecule has 6 nitrogen and oxygen atoms in total. The number of nitrogens with zero attached hydrogens (tertiary/aromatic N) is 2. The van der Waals surface area contributed by atoms with Crippen molar-refractivity contribution in [1.82, 2.24) is 10.1 Å². The summed E-state index contributed by atoms with van der Waals surface area (Å²) in [4.78, 5) is 15.4. The lowest BCUT2D eigenvalue weighted by Gasteiger charge is -2.05. The Morgan fingerprint density at radius 3 is 2.42 bits per heavy atom. The van der Waals surface area contributed by atoms with Crippen LogP contribution >= 0.6 is 0 Å². The number of carbonyl (C=O) groups is 1. The molecule has 1 amide bonds. The van der Waals surface area contributed by atoms with Crippen molar-refractivity contribution in [3.8, 4) is 17.1 Å². The number of amides is 1. The maximum absolute atomic E-state index is 11.0. The first-order valence-corrected chi connectivity index (χ1v) is 8.44. The highest BCUT2D eigenvalue weighted by Crippen LogP contribution is 2.21. The van der Waals surface area contributed by atoms with E-state index < -0.39 is 0 Å². The Morgan fingerprint density at radius 2 is 1.81 bits per heavy atom. The summed E-state index contributed by atoms with van der Waals surface area (Å²) in [6, 6.07) is 15.2. The fraction of sp³-hybridized carbons (Fsp3) is 0.250. The molecule has 0 unspecified atom stereocenters. The van der Waals surface area contributed by atoms with Gasteiger partial charge >= 0.3 is 0 Å². The van der Waals surface area contributed by atoms with Gasteiger partial charge < -0.3 is 14.6 Å². The average molecular weight is 351 g/mol. The van der Waals surface area contributed by atoms with Crippen LogP contribution in [0.4, 0.5) is 5.69 Å². The van der Waals surface area contributed by atoms with E-state index >= 15 is 0 Å². The molecule has 1 heterocycles. The molecule has 0 aliphatic heterocycles.